The van der Waals surface area contributed by atoms with Crippen LogP contribution in [0.15, 0.2) is 36.4 Å². The van der Waals surface area contributed by atoms with Crippen molar-refractivity contribution in [3.8, 4) is 0 Å². The highest BCUT2D eigenvalue weighted by molar-refractivity contribution is 5.83. The minimum atomic E-state index is -0.546. The number of rotatable bonds is 5. The average Bonchev–Trinajstić information content (AvgIpc) is 3.48. The Balaban J connectivity index is 1.24. The molecule has 0 spiro atoms. The van der Waals surface area contributed by atoms with Gasteiger partial charge in [-0.25, -0.2) is 9.59 Å². The maximum atomic E-state index is 12.4. The minimum absolute atomic E-state index is 0.0779. The van der Waals surface area contributed by atoms with Crippen LogP contribution >= 0.6 is 0 Å². The summed E-state index contributed by atoms with van der Waals surface area (Å²) in [5, 5.41) is 9.80. The fourth-order valence-electron chi connectivity index (χ4n) is 4.22. The molecule has 8 heteroatoms. The van der Waals surface area contributed by atoms with Crippen LogP contribution < -0.4 is 5.32 Å². The Morgan fingerprint density at radius 1 is 1.23 bits per heavy atom. The molecule has 1 saturated carbocycles. The predicted molar refractivity (Wildman–Crippen MR) is 111 cm³/mol. The highest BCUT2D eigenvalue weighted by atomic mass is 16.6. The van der Waals surface area contributed by atoms with Crippen LogP contribution in [-0.4, -0.2) is 46.0 Å². The molecule has 1 aliphatic carbocycles. The van der Waals surface area contributed by atoms with Gasteiger partial charge in [0.15, 0.2) is 5.82 Å². The third-order valence-corrected chi connectivity index (χ3v) is 5.92. The highest BCUT2D eigenvalue weighted by Gasteiger charge is 2.33. The van der Waals surface area contributed by atoms with E-state index < -0.39 is 6.09 Å². The van der Waals surface area contributed by atoms with E-state index in [1.165, 1.54) is 0 Å². The number of carbonyl (C=O) groups excluding carboxylic acids is 2. The molecule has 160 valence electrons. The van der Waals surface area contributed by atoms with Crippen molar-refractivity contribution in [2.24, 2.45) is 0 Å². The topological polar surface area (TPSA) is 96.6 Å². The fourth-order valence-corrected chi connectivity index (χ4v) is 4.22. The molecule has 1 aromatic carbocycles. The second kappa shape index (κ2) is 9.19. The number of H-pyrrole nitrogens is 1. The number of likely N-dealkylation sites (tertiary alicyclic amines) is 1. The van der Waals surface area contributed by atoms with E-state index in [4.69, 9.17) is 9.47 Å². The maximum Gasteiger partial charge on any atom is 0.413 e. The summed E-state index contributed by atoms with van der Waals surface area (Å²) in [5.74, 6) is 0.650. The van der Waals surface area contributed by atoms with E-state index in [0.717, 1.165) is 49.9 Å². The van der Waals surface area contributed by atoms with Gasteiger partial charge in [-0.2, -0.15) is 5.10 Å². The van der Waals surface area contributed by atoms with E-state index in [1.807, 2.05) is 41.3 Å². The van der Waals surface area contributed by atoms with Crippen LogP contribution in [0, 0.1) is 0 Å². The Bertz CT molecular complexity index is 869. The first-order chi connectivity index (χ1) is 14.6. The third kappa shape index (κ3) is 4.93. The summed E-state index contributed by atoms with van der Waals surface area (Å²) < 4.78 is 10.9. The van der Waals surface area contributed by atoms with Crippen LogP contribution in [0.4, 0.5) is 15.4 Å². The molecule has 0 unspecified atom stereocenters. The number of hydrogen-bond donors (Lipinski definition) is 2. The van der Waals surface area contributed by atoms with Crippen molar-refractivity contribution in [1.82, 2.24) is 15.1 Å². The lowest BCUT2D eigenvalue weighted by Gasteiger charge is -2.23. The standard InChI is InChI=1S/C22H28N4O4/c1-15-6-5-11-26(15)22(28)30-18-10-9-17(12-18)19-13-20(25-24-19)23-21(27)29-14-16-7-3-2-4-8-16/h2-4,7-8,13,15,17-18H,5-6,9-12,14H2,1H3,(H2,23,24,25,27)/t15-,17+,18-/m1/s1. The average molecular weight is 412 g/mol. The number of aromatic nitrogens is 2. The van der Waals surface area contributed by atoms with Gasteiger partial charge < -0.3 is 14.4 Å². The lowest BCUT2D eigenvalue weighted by Crippen LogP contribution is -2.36. The lowest BCUT2D eigenvalue weighted by atomic mass is 10.0. The summed E-state index contributed by atoms with van der Waals surface area (Å²) in [6.07, 6.45) is 3.77. The van der Waals surface area contributed by atoms with Crippen molar-refractivity contribution < 1.29 is 19.1 Å². The normalized spacial score (nSPS) is 23.4. The predicted octanol–water partition coefficient (Wildman–Crippen LogP) is 4.42. The molecule has 1 saturated heterocycles. The Kier molecular flexibility index (Phi) is 6.21. The summed E-state index contributed by atoms with van der Waals surface area (Å²) in [6, 6.07) is 11.6. The van der Waals surface area contributed by atoms with Gasteiger partial charge in [-0.15, -0.1) is 0 Å². The summed E-state index contributed by atoms with van der Waals surface area (Å²) in [4.78, 5) is 26.2. The van der Waals surface area contributed by atoms with Crippen LogP contribution in [0.5, 0.6) is 0 Å². The van der Waals surface area contributed by atoms with Gasteiger partial charge in [0, 0.05) is 30.3 Å². The van der Waals surface area contributed by atoms with Gasteiger partial charge in [-0.1, -0.05) is 30.3 Å². The van der Waals surface area contributed by atoms with Crippen molar-refractivity contribution in [2.75, 3.05) is 11.9 Å². The zero-order chi connectivity index (χ0) is 20.9. The monoisotopic (exact) mass is 412 g/mol. The summed E-state index contributed by atoms with van der Waals surface area (Å²) >= 11 is 0. The number of anilines is 1. The molecule has 2 aliphatic rings. The second-order valence-electron chi connectivity index (χ2n) is 8.10. The van der Waals surface area contributed by atoms with Crippen molar-refractivity contribution in [2.45, 2.75) is 63.7 Å². The zero-order valence-electron chi connectivity index (χ0n) is 17.2. The maximum absolute atomic E-state index is 12.4. The zero-order valence-corrected chi connectivity index (χ0v) is 17.2. The van der Waals surface area contributed by atoms with Gasteiger partial charge in [0.1, 0.15) is 12.7 Å². The molecule has 2 amide bonds. The molecule has 30 heavy (non-hydrogen) atoms. The lowest BCUT2D eigenvalue weighted by molar-refractivity contribution is 0.0633. The van der Waals surface area contributed by atoms with E-state index in [-0.39, 0.29) is 30.8 Å². The van der Waals surface area contributed by atoms with E-state index in [1.54, 1.807) is 0 Å². The van der Waals surface area contributed by atoms with Crippen LogP contribution in [0.2, 0.25) is 0 Å². The molecule has 2 fully saturated rings. The van der Waals surface area contributed by atoms with Crippen LogP contribution in [0.25, 0.3) is 0 Å². The van der Waals surface area contributed by atoms with Gasteiger partial charge in [0.25, 0.3) is 0 Å². The third-order valence-electron chi connectivity index (χ3n) is 5.92. The molecule has 4 rings (SSSR count). The second-order valence-corrected chi connectivity index (χ2v) is 8.10. The summed E-state index contributed by atoms with van der Waals surface area (Å²) in [6.45, 7) is 3.05. The molecule has 0 radical (unpaired) electrons. The first-order valence-electron chi connectivity index (χ1n) is 10.6. The highest BCUT2D eigenvalue weighted by Crippen LogP contribution is 2.36. The van der Waals surface area contributed by atoms with E-state index in [0.29, 0.717) is 5.82 Å². The number of carbonyl (C=O) groups is 2. The molecule has 2 heterocycles. The number of aromatic amines is 1. The molecule has 2 aromatic rings. The molecule has 8 nitrogen and oxygen atoms in total. The van der Waals surface area contributed by atoms with Crippen LogP contribution in [0.3, 0.4) is 0 Å². The minimum Gasteiger partial charge on any atom is -0.446 e. The smallest absolute Gasteiger partial charge is 0.413 e. The molecule has 0 bridgehead atoms. The number of ether oxygens (including phenoxy) is 2. The quantitative estimate of drug-likeness (QED) is 0.758. The molecule has 3 atom stereocenters. The SMILES string of the molecule is C[C@@H]1CCCN1C(=O)O[C@@H]1CC[C@H](c2cc(NC(=O)OCc3ccccc3)n[nH]2)C1. The van der Waals surface area contributed by atoms with Gasteiger partial charge in [-0.3, -0.25) is 10.4 Å². The summed E-state index contributed by atoms with van der Waals surface area (Å²) in [5.41, 5.74) is 1.85. The van der Waals surface area contributed by atoms with E-state index >= 15 is 0 Å². The number of amides is 2. The number of nitrogens with one attached hydrogen (secondary N) is 2. The Morgan fingerprint density at radius 2 is 2.07 bits per heavy atom. The fraction of sp³-hybridized carbons (Fsp3) is 0.500. The first kappa shape index (κ1) is 20.3. The molecule has 1 aromatic heterocycles. The molecular formula is C22H28N4O4. The van der Waals surface area contributed by atoms with Crippen molar-refractivity contribution >= 4 is 18.0 Å². The van der Waals surface area contributed by atoms with Gasteiger partial charge in [-0.05, 0) is 44.6 Å². The first-order valence-corrected chi connectivity index (χ1v) is 10.6. The van der Waals surface area contributed by atoms with Gasteiger partial charge >= 0.3 is 12.2 Å². The summed E-state index contributed by atoms with van der Waals surface area (Å²) in [7, 11) is 0. The Hall–Kier alpha value is -3.03. The van der Waals surface area contributed by atoms with Gasteiger partial charge in [0.05, 0.1) is 0 Å². The number of nitrogens with zero attached hydrogens (tertiary/aromatic N) is 2. The van der Waals surface area contributed by atoms with Crippen molar-refractivity contribution in [3.63, 3.8) is 0 Å². The van der Waals surface area contributed by atoms with E-state index in [9.17, 15) is 9.59 Å². The Labute approximate surface area is 175 Å². The molecular weight excluding hydrogens is 384 g/mol. The van der Waals surface area contributed by atoms with Gasteiger partial charge in [0.2, 0.25) is 0 Å². The Morgan fingerprint density at radius 3 is 2.83 bits per heavy atom. The molecule has 1 aliphatic heterocycles. The number of benzene rings is 1. The van der Waals surface area contributed by atoms with Crippen LogP contribution in [0.1, 0.15) is 56.2 Å². The van der Waals surface area contributed by atoms with Crippen LogP contribution in [-0.2, 0) is 16.1 Å². The van der Waals surface area contributed by atoms with Crippen molar-refractivity contribution in [3.05, 3.63) is 47.7 Å². The molecule has 2 N–H and O–H groups in total. The largest absolute Gasteiger partial charge is 0.446 e. The van der Waals surface area contributed by atoms with Crippen molar-refractivity contribution in [1.29, 1.82) is 0 Å². The number of hydrogen-bond acceptors (Lipinski definition) is 5. The van der Waals surface area contributed by atoms with E-state index in [2.05, 4.69) is 22.4 Å².